The molecular weight excluding hydrogens is 224 g/mol. The summed E-state index contributed by atoms with van der Waals surface area (Å²) in [5, 5.41) is 4.21. The molecule has 3 N–H and O–H groups in total. The molecule has 0 radical (unpaired) electrons. The molecule has 2 rings (SSSR count). The molecule has 0 amide bonds. The van der Waals surface area contributed by atoms with Gasteiger partial charge in [0, 0.05) is 18.5 Å². The number of nitrogen functional groups attached to an aromatic ring is 1. The summed E-state index contributed by atoms with van der Waals surface area (Å²) in [5.74, 6) is 1.08. The Hall–Kier alpha value is -1.40. The fourth-order valence-electron chi connectivity index (χ4n) is 1.46. The summed E-state index contributed by atoms with van der Waals surface area (Å²) in [4.78, 5) is 10.5. The van der Waals surface area contributed by atoms with E-state index >= 15 is 0 Å². The summed E-state index contributed by atoms with van der Waals surface area (Å²) in [6.07, 6.45) is 0. The van der Waals surface area contributed by atoms with E-state index in [0.29, 0.717) is 19.1 Å². The average Bonchev–Trinajstić information content (AvgIpc) is 2.58. The van der Waals surface area contributed by atoms with Crippen LogP contribution in [-0.2, 0) is 4.74 Å². The van der Waals surface area contributed by atoms with Crippen LogP contribution in [0.3, 0.4) is 0 Å². The van der Waals surface area contributed by atoms with Crippen molar-refractivity contribution in [3.63, 3.8) is 0 Å². The molecule has 0 atom stereocenters. The third-order valence-electron chi connectivity index (χ3n) is 2.13. The minimum atomic E-state index is 0.300. The molecule has 0 aromatic carbocycles. The number of anilines is 2. The first-order valence-electron chi connectivity index (χ1n) is 4.97. The molecule has 0 aliphatic heterocycles. The largest absolute Gasteiger partial charge is 0.383 e. The van der Waals surface area contributed by atoms with E-state index in [-0.39, 0.29) is 0 Å². The van der Waals surface area contributed by atoms with Crippen LogP contribution >= 0.6 is 11.3 Å². The highest BCUT2D eigenvalue weighted by Gasteiger charge is 2.08. The molecule has 0 saturated carbocycles. The van der Waals surface area contributed by atoms with Gasteiger partial charge in [-0.2, -0.15) is 4.98 Å². The van der Waals surface area contributed by atoms with E-state index in [0.717, 1.165) is 16.0 Å². The molecular formula is C10H14N4OS. The highest BCUT2D eigenvalue weighted by Crippen LogP contribution is 2.28. The second-order valence-corrected chi connectivity index (χ2v) is 4.66. The molecule has 86 valence electrons. The molecule has 2 aromatic heterocycles. The van der Waals surface area contributed by atoms with Crippen molar-refractivity contribution in [1.29, 1.82) is 0 Å². The number of hydrogen-bond donors (Lipinski definition) is 2. The second-order valence-electron chi connectivity index (χ2n) is 3.43. The first-order chi connectivity index (χ1) is 7.70. The van der Waals surface area contributed by atoms with Gasteiger partial charge in [-0.15, -0.1) is 11.3 Å². The molecule has 0 saturated heterocycles. The number of fused-ring (bicyclic) bond motifs is 1. The van der Waals surface area contributed by atoms with Gasteiger partial charge in [0.1, 0.15) is 10.6 Å². The molecule has 6 heteroatoms. The van der Waals surface area contributed by atoms with Crippen molar-refractivity contribution in [2.45, 2.75) is 6.92 Å². The van der Waals surface area contributed by atoms with Gasteiger partial charge in [-0.25, -0.2) is 4.98 Å². The standard InChI is InChI=1S/C10H14N4OS/c1-6-5-7-8(12-3-4-15-2)13-10(11)14-9(7)16-6/h5H,3-4H2,1-2H3,(H3,11,12,13,14). The van der Waals surface area contributed by atoms with Gasteiger partial charge >= 0.3 is 0 Å². The van der Waals surface area contributed by atoms with Gasteiger partial charge in [0.2, 0.25) is 5.95 Å². The Bertz CT molecular complexity index is 497. The van der Waals surface area contributed by atoms with Crippen molar-refractivity contribution in [3.8, 4) is 0 Å². The maximum Gasteiger partial charge on any atom is 0.223 e. The lowest BCUT2D eigenvalue weighted by molar-refractivity contribution is 0.210. The van der Waals surface area contributed by atoms with Crippen LogP contribution in [-0.4, -0.2) is 30.2 Å². The highest BCUT2D eigenvalue weighted by molar-refractivity contribution is 7.18. The summed E-state index contributed by atoms with van der Waals surface area (Å²) < 4.78 is 4.98. The van der Waals surface area contributed by atoms with Crippen LogP contribution in [0.25, 0.3) is 10.2 Å². The minimum Gasteiger partial charge on any atom is -0.383 e. The van der Waals surface area contributed by atoms with Crippen LogP contribution in [0.5, 0.6) is 0 Å². The average molecular weight is 238 g/mol. The smallest absolute Gasteiger partial charge is 0.223 e. The minimum absolute atomic E-state index is 0.300. The number of methoxy groups -OCH3 is 1. The zero-order valence-electron chi connectivity index (χ0n) is 9.28. The quantitative estimate of drug-likeness (QED) is 0.792. The topological polar surface area (TPSA) is 73.1 Å². The van der Waals surface area contributed by atoms with E-state index < -0.39 is 0 Å². The van der Waals surface area contributed by atoms with E-state index in [1.54, 1.807) is 18.4 Å². The highest BCUT2D eigenvalue weighted by atomic mass is 32.1. The van der Waals surface area contributed by atoms with Gasteiger partial charge in [0.25, 0.3) is 0 Å². The fourth-order valence-corrected chi connectivity index (χ4v) is 2.35. The number of thiophene rings is 1. The molecule has 0 unspecified atom stereocenters. The number of aromatic nitrogens is 2. The Balaban J connectivity index is 2.34. The van der Waals surface area contributed by atoms with Crippen molar-refractivity contribution in [2.24, 2.45) is 0 Å². The number of nitrogens with zero attached hydrogens (tertiary/aromatic N) is 2. The normalized spacial score (nSPS) is 10.9. The van der Waals surface area contributed by atoms with Crippen LogP contribution in [0.4, 0.5) is 11.8 Å². The Morgan fingerprint density at radius 1 is 1.50 bits per heavy atom. The first-order valence-corrected chi connectivity index (χ1v) is 5.79. The molecule has 0 bridgehead atoms. The van der Waals surface area contributed by atoms with Crippen LogP contribution in [0.15, 0.2) is 6.07 Å². The van der Waals surface area contributed by atoms with Crippen molar-refractivity contribution < 1.29 is 4.74 Å². The lowest BCUT2D eigenvalue weighted by Gasteiger charge is -2.06. The van der Waals surface area contributed by atoms with Gasteiger partial charge in [-0.3, -0.25) is 0 Å². The van der Waals surface area contributed by atoms with Crippen LogP contribution in [0.2, 0.25) is 0 Å². The number of nitrogens with one attached hydrogen (secondary N) is 1. The Kier molecular flexibility index (Phi) is 3.21. The lowest BCUT2D eigenvalue weighted by Crippen LogP contribution is -2.10. The Morgan fingerprint density at radius 3 is 3.06 bits per heavy atom. The number of ether oxygens (including phenoxy) is 1. The Morgan fingerprint density at radius 2 is 2.31 bits per heavy atom. The predicted octanol–water partition coefficient (Wildman–Crippen LogP) is 1.64. The van der Waals surface area contributed by atoms with Gasteiger partial charge in [0.05, 0.1) is 12.0 Å². The molecule has 0 spiro atoms. The van der Waals surface area contributed by atoms with Crippen molar-refractivity contribution in [2.75, 3.05) is 31.3 Å². The lowest BCUT2D eigenvalue weighted by atomic mass is 10.3. The van der Waals surface area contributed by atoms with Crippen molar-refractivity contribution in [1.82, 2.24) is 9.97 Å². The van der Waals surface area contributed by atoms with Crippen LogP contribution in [0.1, 0.15) is 4.88 Å². The fraction of sp³-hybridized carbons (Fsp3) is 0.400. The van der Waals surface area contributed by atoms with E-state index in [2.05, 4.69) is 21.4 Å². The van der Waals surface area contributed by atoms with Gasteiger partial charge in [-0.05, 0) is 13.0 Å². The van der Waals surface area contributed by atoms with Gasteiger partial charge in [-0.1, -0.05) is 0 Å². The number of nitrogens with two attached hydrogens (primary N) is 1. The molecule has 0 aliphatic carbocycles. The van der Waals surface area contributed by atoms with E-state index in [4.69, 9.17) is 10.5 Å². The number of aryl methyl sites for hydroxylation is 1. The third-order valence-corrected chi connectivity index (χ3v) is 3.08. The SMILES string of the molecule is COCCNc1nc(N)nc2sc(C)cc12. The third kappa shape index (κ3) is 2.23. The maximum atomic E-state index is 5.65. The van der Waals surface area contributed by atoms with Crippen molar-refractivity contribution >= 4 is 33.3 Å². The molecule has 0 aliphatic rings. The second kappa shape index (κ2) is 4.63. The van der Waals surface area contributed by atoms with E-state index in [9.17, 15) is 0 Å². The molecule has 5 nitrogen and oxygen atoms in total. The number of hydrogen-bond acceptors (Lipinski definition) is 6. The van der Waals surface area contributed by atoms with Gasteiger partial charge in [0.15, 0.2) is 0 Å². The summed E-state index contributed by atoms with van der Waals surface area (Å²) in [6, 6.07) is 2.06. The first kappa shape index (κ1) is 11.1. The predicted molar refractivity (Wildman–Crippen MR) is 66.9 cm³/mol. The molecule has 2 aromatic rings. The zero-order chi connectivity index (χ0) is 11.5. The zero-order valence-corrected chi connectivity index (χ0v) is 10.1. The van der Waals surface area contributed by atoms with Crippen LogP contribution in [0, 0.1) is 6.92 Å². The summed E-state index contributed by atoms with van der Waals surface area (Å²) in [5.41, 5.74) is 5.65. The molecule has 2 heterocycles. The maximum absolute atomic E-state index is 5.65. The Labute approximate surface area is 97.7 Å². The summed E-state index contributed by atoms with van der Waals surface area (Å²) in [6.45, 7) is 3.38. The van der Waals surface area contributed by atoms with Gasteiger partial charge < -0.3 is 15.8 Å². The number of rotatable bonds is 4. The van der Waals surface area contributed by atoms with E-state index in [1.165, 1.54) is 4.88 Å². The van der Waals surface area contributed by atoms with Crippen molar-refractivity contribution in [3.05, 3.63) is 10.9 Å². The summed E-state index contributed by atoms with van der Waals surface area (Å²) in [7, 11) is 1.67. The van der Waals surface area contributed by atoms with E-state index in [1.807, 2.05) is 6.92 Å². The summed E-state index contributed by atoms with van der Waals surface area (Å²) >= 11 is 1.62. The van der Waals surface area contributed by atoms with Crippen LogP contribution < -0.4 is 11.1 Å². The molecule has 0 fully saturated rings. The monoisotopic (exact) mass is 238 g/mol. The molecule has 16 heavy (non-hydrogen) atoms.